The Morgan fingerprint density at radius 2 is 2.06 bits per heavy atom. The standard InChI is InChI=1S/C13H14N4/c1-2-11-3-4-15-12(11)7-10(1)8-14-9-13-16-5-6-17-13/h1-7,14-15H,8-9H2,(H,16,17). The van der Waals surface area contributed by atoms with Crippen molar-refractivity contribution in [3.63, 3.8) is 0 Å². The molecule has 0 amide bonds. The zero-order chi connectivity index (χ0) is 11.5. The van der Waals surface area contributed by atoms with Gasteiger partial charge in [0, 0.05) is 30.7 Å². The number of hydrogen-bond donors (Lipinski definition) is 3. The summed E-state index contributed by atoms with van der Waals surface area (Å²) in [5.41, 5.74) is 2.45. The molecule has 17 heavy (non-hydrogen) atoms. The van der Waals surface area contributed by atoms with E-state index in [1.807, 2.05) is 12.4 Å². The summed E-state index contributed by atoms with van der Waals surface area (Å²) in [6.45, 7) is 1.60. The summed E-state index contributed by atoms with van der Waals surface area (Å²) in [5.74, 6) is 0.964. The molecule has 0 aliphatic carbocycles. The van der Waals surface area contributed by atoms with Crippen molar-refractivity contribution in [2.24, 2.45) is 0 Å². The third kappa shape index (κ3) is 2.21. The van der Waals surface area contributed by atoms with Crippen molar-refractivity contribution in [2.45, 2.75) is 13.1 Å². The fourth-order valence-corrected chi connectivity index (χ4v) is 1.92. The molecule has 0 fully saturated rings. The Balaban J connectivity index is 1.64. The Bertz CT molecular complexity index is 595. The van der Waals surface area contributed by atoms with E-state index in [4.69, 9.17) is 0 Å². The monoisotopic (exact) mass is 226 g/mol. The van der Waals surface area contributed by atoms with E-state index >= 15 is 0 Å². The van der Waals surface area contributed by atoms with Gasteiger partial charge in [-0.15, -0.1) is 0 Å². The van der Waals surface area contributed by atoms with Crippen LogP contribution in [-0.4, -0.2) is 15.0 Å². The minimum absolute atomic E-state index is 0.760. The molecule has 0 unspecified atom stereocenters. The van der Waals surface area contributed by atoms with Crippen LogP contribution in [0, 0.1) is 0 Å². The molecule has 0 saturated carbocycles. The van der Waals surface area contributed by atoms with Gasteiger partial charge in [0.2, 0.25) is 0 Å². The van der Waals surface area contributed by atoms with E-state index in [9.17, 15) is 0 Å². The Labute approximate surface area is 99.1 Å². The van der Waals surface area contributed by atoms with Crippen molar-refractivity contribution in [3.05, 3.63) is 54.2 Å². The molecule has 0 saturated heterocycles. The van der Waals surface area contributed by atoms with Crippen molar-refractivity contribution in [2.75, 3.05) is 0 Å². The lowest BCUT2D eigenvalue weighted by Crippen LogP contribution is -2.13. The zero-order valence-electron chi connectivity index (χ0n) is 9.40. The quantitative estimate of drug-likeness (QED) is 0.638. The van der Waals surface area contributed by atoms with Crippen LogP contribution in [0.5, 0.6) is 0 Å². The fraction of sp³-hybridized carbons (Fsp3) is 0.154. The maximum Gasteiger partial charge on any atom is 0.120 e. The van der Waals surface area contributed by atoms with Crippen LogP contribution in [0.2, 0.25) is 0 Å². The molecule has 0 spiro atoms. The lowest BCUT2D eigenvalue weighted by molar-refractivity contribution is 0.669. The fourth-order valence-electron chi connectivity index (χ4n) is 1.92. The van der Waals surface area contributed by atoms with Gasteiger partial charge in [-0.3, -0.25) is 0 Å². The first-order valence-electron chi connectivity index (χ1n) is 5.67. The average Bonchev–Trinajstić information content (AvgIpc) is 2.98. The average molecular weight is 226 g/mol. The predicted molar refractivity (Wildman–Crippen MR) is 67.4 cm³/mol. The van der Waals surface area contributed by atoms with E-state index in [2.05, 4.69) is 44.5 Å². The van der Waals surface area contributed by atoms with E-state index < -0.39 is 0 Å². The second kappa shape index (κ2) is 4.43. The molecule has 0 aliphatic rings. The molecule has 0 radical (unpaired) electrons. The molecule has 1 aromatic carbocycles. The minimum Gasteiger partial charge on any atom is -0.361 e. The maximum absolute atomic E-state index is 4.16. The highest BCUT2D eigenvalue weighted by Crippen LogP contribution is 2.13. The van der Waals surface area contributed by atoms with E-state index in [1.165, 1.54) is 16.5 Å². The summed E-state index contributed by atoms with van der Waals surface area (Å²) in [7, 11) is 0. The van der Waals surface area contributed by atoms with Crippen molar-refractivity contribution >= 4 is 10.9 Å². The molecule has 0 aliphatic heterocycles. The lowest BCUT2D eigenvalue weighted by Gasteiger charge is -2.03. The summed E-state index contributed by atoms with van der Waals surface area (Å²) in [4.78, 5) is 10.5. The molecule has 3 aromatic rings. The van der Waals surface area contributed by atoms with Crippen LogP contribution in [0.25, 0.3) is 10.9 Å². The van der Waals surface area contributed by atoms with Gasteiger partial charge >= 0.3 is 0 Å². The van der Waals surface area contributed by atoms with Gasteiger partial charge < -0.3 is 15.3 Å². The van der Waals surface area contributed by atoms with E-state index in [0.29, 0.717) is 0 Å². The molecule has 2 aromatic heterocycles. The van der Waals surface area contributed by atoms with Crippen LogP contribution in [0.15, 0.2) is 42.9 Å². The molecule has 3 rings (SSSR count). The van der Waals surface area contributed by atoms with Crippen molar-refractivity contribution in [1.82, 2.24) is 20.3 Å². The summed E-state index contributed by atoms with van der Waals surface area (Å²) in [6.07, 6.45) is 5.56. The van der Waals surface area contributed by atoms with Crippen LogP contribution >= 0.6 is 0 Å². The lowest BCUT2D eigenvalue weighted by atomic mass is 10.1. The molecule has 4 nitrogen and oxygen atoms in total. The molecule has 0 bridgehead atoms. The molecule has 3 N–H and O–H groups in total. The molecule has 86 valence electrons. The topological polar surface area (TPSA) is 56.5 Å². The zero-order valence-corrected chi connectivity index (χ0v) is 9.40. The van der Waals surface area contributed by atoms with Gasteiger partial charge in [0.15, 0.2) is 0 Å². The van der Waals surface area contributed by atoms with Crippen molar-refractivity contribution in [1.29, 1.82) is 0 Å². The molecule has 0 atom stereocenters. The van der Waals surface area contributed by atoms with Gasteiger partial charge in [-0.05, 0) is 23.1 Å². The Kier molecular flexibility index (Phi) is 2.63. The Hall–Kier alpha value is -2.07. The van der Waals surface area contributed by atoms with Crippen LogP contribution in [0.3, 0.4) is 0 Å². The van der Waals surface area contributed by atoms with Gasteiger partial charge in [0.1, 0.15) is 5.82 Å². The van der Waals surface area contributed by atoms with Gasteiger partial charge in [-0.1, -0.05) is 12.1 Å². The van der Waals surface area contributed by atoms with E-state index in [1.54, 1.807) is 6.20 Å². The molecular weight excluding hydrogens is 212 g/mol. The SMILES string of the molecule is c1c[nH]c(CNCc2ccc3cc[nH]c3c2)n1. The largest absolute Gasteiger partial charge is 0.361 e. The highest BCUT2D eigenvalue weighted by atomic mass is 15.0. The number of nitrogens with one attached hydrogen (secondary N) is 3. The normalized spacial score (nSPS) is 11.1. The highest BCUT2D eigenvalue weighted by molar-refractivity contribution is 5.79. The Morgan fingerprint density at radius 3 is 2.94 bits per heavy atom. The van der Waals surface area contributed by atoms with Crippen LogP contribution in [0.1, 0.15) is 11.4 Å². The molecule has 2 heterocycles. The minimum atomic E-state index is 0.760. The number of benzene rings is 1. The predicted octanol–water partition coefficient (Wildman–Crippen LogP) is 2.18. The number of rotatable bonds is 4. The van der Waals surface area contributed by atoms with Gasteiger partial charge in [0.05, 0.1) is 6.54 Å². The summed E-state index contributed by atoms with van der Waals surface area (Å²) in [6, 6.07) is 8.53. The maximum atomic E-state index is 4.16. The number of aromatic nitrogens is 3. The summed E-state index contributed by atoms with van der Waals surface area (Å²) in [5, 5.41) is 4.60. The van der Waals surface area contributed by atoms with Crippen LogP contribution in [-0.2, 0) is 13.1 Å². The summed E-state index contributed by atoms with van der Waals surface area (Å²) >= 11 is 0. The van der Waals surface area contributed by atoms with E-state index in [0.717, 1.165) is 18.9 Å². The van der Waals surface area contributed by atoms with Crippen LogP contribution in [0.4, 0.5) is 0 Å². The first kappa shape index (κ1) is 10.1. The second-order valence-electron chi connectivity index (χ2n) is 4.04. The van der Waals surface area contributed by atoms with Crippen molar-refractivity contribution in [3.8, 4) is 0 Å². The van der Waals surface area contributed by atoms with Crippen LogP contribution < -0.4 is 5.32 Å². The number of fused-ring (bicyclic) bond motifs is 1. The Morgan fingerprint density at radius 1 is 1.06 bits per heavy atom. The first-order chi connectivity index (χ1) is 8.42. The van der Waals surface area contributed by atoms with Crippen molar-refractivity contribution < 1.29 is 0 Å². The number of nitrogens with zero attached hydrogens (tertiary/aromatic N) is 1. The number of H-pyrrole nitrogens is 2. The number of hydrogen-bond acceptors (Lipinski definition) is 2. The van der Waals surface area contributed by atoms with E-state index in [-0.39, 0.29) is 0 Å². The highest BCUT2D eigenvalue weighted by Gasteiger charge is 1.98. The summed E-state index contributed by atoms with van der Waals surface area (Å²) < 4.78 is 0. The molecular formula is C13H14N4. The molecule has 4 heteroatoms. The first-order valence-corrected chi connectivity index (χ1v) is 5.67. The number of imidazole rings is 1. The van der Waals surface area contributed by atoms with Gasteiger partial charge in [-0.25, -0.2) is 4.98 Å². The second-order valence-corrected chi connectivity index (χ2v) is 4.04. The third-order valence-electron chi connectivity index (χ3n) is 2.80. The number of aromatic amines is 2. The van der Waals surface area contributed by atoms with Gasteiger partial charge in [0.25, 0.3) is 0 Å². The third-order valence-corrected chi connectivity index (χ3v) is 2.80. The van der Waals surface area contributed by atoms with Gasteiger partial charge in [-0.2, -0.15) is 0 Å². The smallest absolute Gasteiger partial charge is 0.120 e.